The number of rotatable bonds is 3. The summed E-state index contributed by atoms with van der Waals surface area (Å²) < 4.78 is 5.55. The van der Waals surface area contributed by atoms with Gasteiger partial charge in [-0.25, -0.2) is 0 Å². The van der Waals surface area contributed by atoms with Crippen molar-refractivity contribution in [2.24, 2.45) is 0 Å². The molecule has 0 spiro atoms. The van der Waals surface area contributed by atoms with Crippen LogP contribution in [-0.4, -0.2) is 30.5 Å². The average Bonchev–Trinajstić information content (AvgIpc) is 2.69. The van der Waals surface area contributed by atoms with Gasteiger partial charge in [-0.2, -0.15) is 0 Å². The summed E-state index contributed by atoms with van der Waals surface area (Å²) in [5, 5.41) is 0.714. The van der Waals surface area contributed by atoms with E-state index in [1.165, 1.54) is 12.8 Å². The topological polar surface area (TPSA) is 29.5 Å². The zero-order valence-corrected chi connectivity index (χ0v) is 12.1. The van der Waals surface area contributed by atoms with E-state index >= 15 is 0 Å². The first kappa shape index (κ1) is 14.2. The number of benzene rings is 1. The van der Waals surface area contributed by atoms with Gasteiger partial charge in [0.15, 0.2) is 6.61 Å². The van der Waals surface area contributed by atoms with Crippen molar-refractivity contribution < 1.29 is 9.53 Å². The van der Waals surface area contributed by atoms with Gasteiger partial charge in [-0.15, -0.1) is 0 Å². The highest BCUT2D eigenvalue weighted by atomic mass is 35.5. The normalized spacial score (nSPS) is 16.0. The first-order valence-corrected chi connectivity index (χ1v) is 7.21. The monoisotopic (exact) mass is 281 g/mol. The van der Waals surface area contributed by atoms with Crippen molar-refractivity contribution in [1.29, 1.82) is 0 Å². The van der Waals surface area contributed by atoms with Crippen LogP contribution in [0.3, 0.4) is 0 Å². The first-order chi connectivity index (χ1) is 9.16. The molecular weight excluding hydrogens is 262 g/mol. The second-order valence-electron chi connectivity index (χ2n) is 4.99. The molecular formula is C15H20ClNO2. The van der Waals surface area contributed by atoms with Gasteiger partial charge in [0, 0.05) is 18.1 Å². The maximum absolute atomic E-state index is 12.1. The zero-order valence-electron chi connectivity index (χ0n) is 11.3. The lowest BCUT2D eigenvalue weighted by Crippen LogP contribution is -2.35. The van der Waals surface area contributed by atoms with Gasteiger partial charge in [-0.3, -0.25) is 4.79 Å². The maximum atomic E-state index is 12.1. The third kappa shape index (κ3) is 4.13. The Labute approximate surface area is 119 Å². The minimum absolute atomic E-state index is 0.0782. The summed E-state index contributed by atoms with van der Waals surface area (Å²) in [6.07, 6.45) is 4.65. The molecule has 0 N–H and O–H groups in total. The Bertz CT molecular complexity index is 440. The van der Waals surface area contributed by atoms with Crippen molar-refractivity contribution in [3.8, 4) is 5.75 Å². The fourth-order valence-corrected chi connectivity index (χ4v) is 2.38. The molecule has 1 heterocycles. The highest BCUT2D eigenvalue weighted by molar-refractivity contribution is 6.31. The first-order valence-electron chi connectivity index (χ1n) is 6.83. The number of likely N-dealkylation sites (tertiary alicyclic amines) is 1. The van der Waals surface area contributed by atoms with Crippen molar-refractivity contribution in [3.63, 3.8) is 0 Å². The van der Waals surface area contributed by atoms with Gasteiger partial charge in [0.2, 0.25) is 0 Å². The van der Waals surface area contributed by atoms with E-state index in [0.29, 0.717) is 10.8 Å². The molecule has 4 heteroatoms. The molecule has 3 nitrogen and oxygen atoms in total. The van der Waals surface area contributed by atoms with Gasteiger partial charge in [-0.1, -0.05) is 24.4 Å². The number of hydrogen-bond donors (Lipinski definition) is 0. The second kappa shape index (κ2) is 6.80. The number of hydrogen-bond acceptors (Lipinski definition) is 2. The Kier molecular flexibility index (Phi) is 5.08. The van der Waals surface area contributed by atoms with Crippen LogP contribution in [0.4, 0.5) is 0 Å². The summed E-state index contributed by atoms with van der Waals surface area (Å²) in [7, 11) is 0. The smallest absolute Gasteiger partial charge is 0.260 e. The van der Waals surface area contributed by atoms with Crippen LogP contribution in [0.25, 0.3) is 0 Å². The molecule has 1 aliphatic rings. The van der Waals surface area contributed by atoms with Crippen LogP contribution >= 0.6 is 11.6 Å². The van der Waals surface area contributed by atoms with Crippen molar-refractivity contribution in [1.82, 2.24) is 4.90 Å². The fraction of sp³-hybridized carbons (Fsp3) is 0.533. The van der Waals surface area contributed by atoms with E-state index in [1.807, 2.05) is 17.9 Å². The molecule has 104 valence electrons. The van der Waals surface area contributed by atoms with E-state index in [1.54, 1.807) is 12.1 Å². The number of ether oxygens (including phenoxy) is 1. The Balaban J connectivity index is 1.86. The quantitative estimate of drug-likeness (QED) is 0.849. The molecule has 0 aliphatic carbocycles. The summed E-state index contributed by atoms with van der Waals surface area (Å²) in [6, 6.07) is 5.45. The predicted octanol–water partition coefficient (Wildman–Crippen LogP) is 3.43. The van der Waals surface area contributed by atoms with E-state index in [4.69, 9.17) is 16.3 Å². The highest BCUT2D eigenvalue weighted by Crippen LogP contribution is 2.21. The van der Waals surface area contributed by atoms with Gasteiger partial charge >= 0.3 is 0 Å². The summed E-state index contributed by atoms with van der Waals surface area (Å²) in [5.41, 5.74) is 0.960. The molecule has 1 aromatic rings. The van der Waals surface area contributed by atoms with Crippen LogP contribution in [0.1, 0.15) is 31.2 Å². The summed E-state index contributed by atoms with van der Waals surface area (Å²) in [5.74, 6) is 0.777. The molecule has 1 aliphatic heterocycles. The Morgan fingerprint density at radius 3 is 2.58 bits per heavy atom. The molecule has 1 saturated heterocycles. The van der Waals surface area contributed by atoms with Crippen LogP contribution in [0.5, 0.6) is 5.75 Å². The molecule has 0 saturated carbocycles. The van der Waals surface area contributed by atoms with Crippen LogP contribution < -0.4 is 4.74 Å². The van der Waals surface area contributed by atoms with E-state index in [0.717, 1.165) is 31.5 Å². The summed E-state index contributed by atoms with van der Waals surface area (Å²) in [4.78, 5) is 14.0. The van der Waals surface area contributed by atoms with Gasteiger partial charge in [-0.05, 0) is 43.5 Å². The molecule has 19 heavy (non-hydrogen) atoms. The zero-order chi connectivity index (χ0) is 13.7. The predicted molar refractivity (Wildman–Crippen MR) is 76.7 cm³/mol. The molecule has 1 aromatic carbocycles. The Morgan fingerprint density at radius 1 is 1.26 bits per heavy atom. The third-order valence-electron chi connectivity index (χ3n) is 3.45. The highest BCUT2D eigenvalue weighted by Gasteiger charge is 2.15. The van der Waals surface area contributed by atoms with E-state index in [-0.39, 0.29) is 12.5 Å². The maximum Gasteiger partial charge on any atom is 0.260 e. The Hall–Kier alpha value is -1.22. The standard InChI is InChI=1S/C15H20ClNO2/c1-12-10-13(6-7-14(12)16)19-11-15(18)17-8-4-2-3-5-9-17/h6-7,10H,2-5,8-9,11H2,1H3. The van der Waals surface area contributed by atoms with Crippen molar-refractivity contribution >= 4 is 17.5 Å². The lowest BCUT2D eigenvalue weighted by atomic mass is 10.2. The van der Waals surface area contributed by atoms with Crippen molar-refractivity contribution in [2.75, 3.05) is 19.7 Å². The molecule has 1 amide bonds. The average molecular weight is 282 g/mol. The third-order valence-corrected chi connectivity index (χ3v) is 3.87. The second-order valence-corrected chi connectivity index (χ2v) is 5.40. The molecule has 0 bridgehead atoms. The van der Waals surface area contributed by atoms with E-state index < -0.39 is 0 Å². The summed E-state index contributed by atoms with van der Waals surface area (Å²) in [6.45, 7) is 3.76. The van der Waals surface area contributed by atoms with E-state index in [9.17, 15) is 4.79 Å². The van der Waals surface area contributed by atoms with Crippen molar-refractivity contribution in [3.05, 3.63) is 28.8 Å². The molecule has 2 rings (SSSR count). The van der Waals surface area contributed by atoms with Crippen LogP contribution in [-0.2, 0) is 4.79 Å². The minimum atomic E-state index is 0.0782. The number of carbonyl (C=O) groups is 1. The lowest BCUT2D eigenvalue weighted by Gasteiger charge is -2.20. The number of carbonyl (C=O) groups excluding carboxylic acids is 1. The van der Waals surface area contributed by atoms with Crippen LogP contribution in [0.2, 0.25) is 5.02 Å². The molecule has 0 radical (unpaired) electrons. The van der Waals surface area contributed by atoms with Gasteiger partial charge < -0.3 is 9.64 Å². The van der Waals surface area contributed by atoms with E-state index in [2.05, 4.69) is 0 Å². The number of halogens is 1. The SMILES string of the molecule is Cc1cc(OCC(=O)N2CCCCCC2)ccc1Cl. The largest absolute Gasteiger partial charge is 0.484 e. The Morgan fingerprint density at radius 2 is 1.95 bits per heavy atom. The van der Waals surface area contributed by atoms with Gasteiger partial charge in [0.1, 0.15) is 5.75 Å². The lowest BCUT2D eigenvalue weighted by molar-refractivity contribution is -0.133. The number of aryl methyl sites for hydroxylation is 1. The number of amides is 1. The van der Waals surface area contributed by atoms with Gasteiger partial charge in [0.05, 0.1) is 0 Å². The fourth-order valence-electron chi connectivity index (χ4n) is 2.26. The number of nitrogens with zero attached hydrogens (tertiary/aromatic N) is 1. The minimum Gasteiger partial charge on any atom is -0.484 e. The summed E-state index contributed by atoms with van der Waals surface area (Å²) >= 11 is 5.95. The van der Waals surface area contributed by atoms with Crippen LogP contribution in [0.15, 0.2) is 18.2 Å². The molecule has 0 atom stereocenters. The molecule has 0 unspecified atom stereocenters. The molecule has 1 fully saturated rings. The van der Waals surface area contributed by atoms with Gasteiger partial charge in [0.25, 0.3) is 5.91 Å². The van der Waals surface area contributed by atoms with Crippen molar-refractivity contribution in [2.45, 2.75) is 32.6 Å². The molecule has 0 aromatic heterocycles. The van der Waals surface area contributed by atoms with Crippen LogP contribution in [0, 0.1) is 6.92 Å².